The molecule has 1 aromatic heterocycles. The van der Waals surface area contributed by atoms with Crippen molar-refractivity contribution >= 4 is 29.3 Å². The zero-order valence-corrected chi connectivity index (χ0v) is 24.5. The maximum absolute atomic E-state index is 10.9. The van der Waals surface area contributed by atoms with Gasteiger partial charge in [-0.2, -0.15) is 0 Å². The van der Waals surface area contributed by atoms with Crippen molar-refractivity contribution in [2.75, 3.05) is 20.1 Å². The third-order valence-electron chi connectivity index (χ3n) is 7.13. The Labute approximate surface area is 235 Å². The molecule has 0 unspecified atom stereocenters. The topological polar surface area (TPSA) is 72.8 Å². The Hall–Kier alpha value is -2.16. The molecule has 0 radical (unpaired) electrons. The SMILES string of the molecule is Cc1cc(CCC(=O)O)sc1-c1cccc(SN(C)C[C@H](O)CNC(C)(C)CC2Cc3ccccc3C2)c1. The predicted octanol–water partition coefficient (Wildman–Crippen LogP) is 6.21. The van der Waals surface area contributed by atoms with Crippen molar-refractivity contribution in [2.24, 2.45) is 5.92 Å². The van der Waals surface area contributed by atoms with E-state index in [1.165, 1.54) is 21.6 Å². The largest absolute Gasteiger partial charge is 0.481 e. The minimum atomic E-state index is -0.764. The number of rotatable bonds is 13. The fourth-order valence-electron chi connectivity index (χ4n) is 5.44. The minimum absolute atomic E-state index is 0.0321. The van der Waals surface area contributed by atoms with Gasteiger partial charge in [-0.1, -0.05) is 36.4 Å². The van der Waals surface area contributed by atoms with Crippen molar-refractivity contribution in [1.29, 1.82) is 0 Å². The number of hydrogen-bond acceptors (Lipinski definition) is 6. The number of aliphatic hydroxyl groups excluding tert-OH is 1. The molecule has 2 aromatic carbocycles. The van der Waals surface area contributed by atoms with Gasteiger partial charge in [0.1, 0.15) is 0 Å². The Morgan fingerprint density at radius 2 is 1.87 bits per heavy atom. The number of aliphatic carboxylic acids is 1. The van der Waals surface area contributed by atoms with E-state index in [2.05, 4.69) is 85.0 Å². The van der Waals surface area contributed by atoms with Crippen LogP contribution < -0.4 is 5.32 Å². The zero-order chi connectivity index (χ0) is 27.3. The molecule has 1 atom stereocenters. The van der Waals surface area contributed by atoms with Crippen LogP contribution in [0.3, 0.4) is 0 Å². The summed E-state index contributed by atoms with van der Waals surface area (Å²) in [5.41, 5.74) is 5.27. The molecule has 1 aliphatic carbocycles. The van der Waals surface area contributed by atoms with Crippen LogP contribution in [0, 0.1) is 12.8 Å². The van der Waals surface area contributed by atoms with E-state index in [1.54, 1.807) is 23.3 Å². The van der Waals surface area contributed by atoms with E-state index >= 15 is 0 Å². The molecule has 0 amide bonds. The molecule has 5 nitrogen and oxygen atoms in total. The molecular weight excluding hydrogens is 512 g/mol. The lowest BCUT2D eigenvalue weighted by Crippen LogP contribution is -2.46. The predicted molar refractivity (Wildman–Crippen MR) is 159 cm³/mol. The molecule has 1 aliphatic rings. The molecule has 7 heteroatoms. The van der Waals surface area contributed by atoms with Crippen LogP contribution in [0.5, 0.6) is 0 Å². The van der Waals surface area contributed by atoms with E-state index in [4.69, 9.17) is 5.11 Å². The van der Waals surface area contributed by atoms with Crippen molar-refractivity contribution in [3.63, 3.8) is 0 Å². The molecular formula is C31H40N2O3S2. The van der Waals surface area contributed by atoms with Crippen LogP contribution in [0.25, 0.3) is 10.4 Å². The lowest BCUT2D eigenvalue weighted by atomic mass is 9.88. The first-order valence-corrected chi connectivity index (χ1v) is 15.0. The van der Waals surface area contributed by atoms with Gasteiger partial charge in [-0.15, -0.1) is 11.3 Å². The van der Waals surface area contributed by atoms with Crippen LogP contribution in [0.2, 0.25) is 0 Å². The Morgan fingerprint density at radius 1 is 1.16 bits per heavy atom. The highest BCUT2D eigenvalue weighted by Gasteiger charge is 2.28. The number of aliphatic hydroxyl groups is 1. The van der Waals surface area contributed by atoms with Gasteiger partial charge >= 0.3 is 5.97 Å². The summed E-state index contributed by atoms with van der Waals surface area (Å²) in [5, 5.41) is 23.4. The average Bonchev–Trinajstić information content (AvgIpc) is 3.43. The second kappa shape index (κ2) is 12.8. The number of nitrogens with zero attached hydrogens (tertiary/aromatic N) is 1. The number of carboxylic acids is 1. The fraction of sp³-hybridized carbons (Fsp3) is 0.452. The van der Waals surface area contributed by atoms with E-state index in [0.717, 1.165) is 34.6 Å². The molecule has 0 spiro atoms. The van der Waals surface area contributed by atoms with E-state index in [0.29, 0.717) is 25.4 Å². The molecule has 0 aliphatic heterocycles. The second-order valence-corrected chi connectivity index (χ2v) is 13.6. The van der Waals surface area contributed by atoms with Gasteiger partial charge < -0.3 is 15.5 Å². The fourth-order valence-corrected chi connectivity index (χ4v) is 7.54. The Balaban J connectivity index is 1.25. The highest BCUT2D eigenvalue weighted by atomic mass is 32.2. The number of likely N-dealkylation sites (N-methyl/N-ethyl adjacent to an activating group) is 1. The molecule has 0 saturated heterocycles. The van der Waals surface area contributed by atoms with Gasteiger partial charge in [0.15, 0.2) is 0 Å². The van der Waals surface area contributed by atoms with Gasteiger partial charge in [0.2, 0.25) is 0 Å². The number of nitrogens with one attached hydrogen (secondary N) is 1. The third kappa shape index (κ3) is 8.17. The van der Waals surface area contributed by atoms with E-state index < -0.39 is 12.1 Å². The minimum Gasteiger partial charge on any atom is -0.481 e. The van der Waals surface area contributed by atoms with Crippen LogP contribution >= 0.6 is 23.3 Å². The van der Waals surface area contributed by atoms with E-state index in [9.17, 15) is 9.90 Å². The Morgan fingerprint density at radius 3 is 2.55 bits per heavy atom. The highest BCUT2D eigenvalue weighted by molar-refractivity contribution is 7.97. The maximum Gasteiger partial charge on any atom is 0.303 e. The Kier molecular flexibility index (Phi) is 9.71. The number of carboxylic acid groups (broad SMARTS) is 1. The number of benzene rings is 2. The summed E-state index contributed by atoms with van der Waals surface area (Å²) in [6, 6.07) is 19.3. The summed E-state index contributed by atoms with van der Waals surface area (Å²) in [6.45, 7) is 7.69. The summed E-state index contributed by atoms with van der Waals surface area (Å²) >= 11 is 3.31. The van der Waals surface area contributed by atoms with Crippen molar-refractivity contribution in [3.05, 3.63) is 76.2 Å². The number of aryl methyl sites for hydroxylation is 2. The number of hydrogen-bond donors (Lipinski definition) is 3. The number of β-amino-alcohol motifs (C(OH)–C–C–N with tert-alkyl or cyclic N) is 1. The van der Waals surface area contributed by atoms with Gasteiger partial charge in [0, 0.05) is 33.3 Å². The lowest BCUT2D eigenvalue weighted by molar-refractivity contribution is -0.136. The first kappa shape index (κ1) is 28.8. The molecule has 1 heterocycles. The monoisotopic (exact) mass is 552 g/mol. The van der Waals surface area contributed by atoms with Crippen LogP contribution in [-0.2, 0) is 24.1 Å². The van der Waals surface area contributed by atoms with Gasteiger partial charge in [-0.05, 0) is 112 Å². The third-order valence-corrected chi connectivity index (χ3v) is 9.40. The standard InChI is InChI=1S/C31H40N2O3S2/c1-21-14-27(12-13-29(35)36)37-30(21)25-10-7-11-28(17-25)38-33(4)20-26(34)19-32-31(2,3)18-22-15-23-8-5-6-9-24(23)16-22/h5-11,14,17,22,26,32,34H,12-13,15-16,18-20H2,1-4H3,(H,35,36)/t26-/m1/s1. The Bertz CT molecular complexity index is 1210. The summed E-state index contributed by atoms with van der Waals surface area (Å²) in [7, 11) is 2.02. The first-order valence-electron chi connectivity index (χ1n) is 13.4. The van der Waals surface area contributed by atoms with E-state index in [1.807, 2.05) is 7.05 Å². The molecule has 0 bridgehead atoms. The van der Waals surface area contributed by atoms with Crippen LogP contribution in [0.1, 0.15) is 48.3 Å². The van der Waals surface area contributed by atoms with Crippen molar-refractivity contribution in [2.45, 2.75) is 69.4 Å². The molecule has 38 heavy (non-hydrogen) atoms. The average molecular weight is 553 g/mol. The van der Waals surface area contributed by atoms with E-state index in [-0.39, 0.29) is 12.0 Å². The van der Waals surface area contributed by atoms with Gasteiger partial charge in [0.25, 0.3) is 0 Å². The second-order valence-electron chi connectivity index (χ2n) is 11.2. The number of thiophene rings is 1. The van der Waals surface area contributed by atoms with Crippen LogP contribution in [0.15, 0.2) is 59.5 Å². The van der Waals surface area contributed by atoms with Gasteiger partial charge in [-0.3, -0.25) is 4.79 Å². The van der Waals surface area contributed by atoms with Crippen LogP contribution in [0.4, 0.5) is 0 Å². The van der Waals surface area contributed by atoms with Gasteiger partial charge in [0.05, 0.1) is 12.5 Å². The first-order chi connectivity index (χ1) is 18.1. The summed E-state index contributed by atoms with van der Waals surface area (Å²) in [4.78, 5) is 14.3. The molecule has 4 rings (SSSR count). The molecule has 0 fully saturated rings. The summed E-state index contributed by atoms with van der Waals surface area (Å²) < 4.78 is 2.09. The normalized spacial score (nSPS) is 14.7. The van der Waals surface area contributed by atoms with Crippen molar-refractivity contribution in [1.82, 2.24) is 9.62 Å². The summed E-state index contributed by atoms with van der Waals surface area (Å²) in [5.74, 6) is -0.113. The molecule has 204 valence electrons. The van der Waals surface area contributed by atoms with Crippen LogP contribution in [-0.4, -0.2) is 52.3 Å². The molecule has 3 aromatic rings. The summed E-state index contributed by atoms with van der Waals surface area (Å²) in [6.07, 6.45) is 3.64. The molecule has 3 N–H and O–H groups in total. The van der Waals surface area contributed by atoms with Gasteiger partial charge in [-0.25, -0.2) is 4.31 Å². The van der Waals surface area contributed by atoms with Crippen molar-refractivity contribution in [3.8, 4) is 10.4 Å². The number of fused-ring (bicyclic) bond motifs is 1. The van der Waals surface area contributed by atoms with Crippen molar-refractivity contribution < 1.29 is 15.0 Å². The smallest absolute Gasteiger partial charge is 0.303 e. The lowest BCUT2D eigenvalue weighted by Gasteiger charge is -2.31. The zero-order valence-electron chi connectivity index (χ0n) is 22.9. The highest BCUT2D eigenvalue weighted by Crippen LogP contribution is 2.35. The number of carbonyl (C=O) groups is 1. The molecule has 0 saturated carbocycles. The maximum atomic E-state index is 10.9. The quantitative estimate of drug-likeness (QED) is 0.219.